The SMILES string of the molecule is COc1ccc(OC)c(C2CCCN2C(=O)C2CC3CCCC(C2)C3N)c1.Cl. The lowest BCUT2D eigenvalue weighted by Gasteiger charge is -2.44. The van der Waals surface area contributed by atoms with Crippen LogP contribution in [0.4, 0.5) is 0 Å². The second-order valence-electron chi connectivity index (χ2n) is 8.49. The Morgan fingerprint density at radius 1 is 1.07 bits per heavy atom. The van der Waals surface area contributed by atoms with Gasteiger partial charge in [-0.15, -0.1) is 12.4 Å². The summed E-state index contributed by atoms with van der Waals surface area (Å²) in [5.74, 6) is 3.16. The highest BCUT2D eigenvalue weighted by Crippen LogP contribution is 2.45. The van der Waals surface area contributed by atoms with Crippen LogP contribution in [0.5, 0.6) is 11.5 Å². The normalized spacial score (nSPS) is 31.8. The molecule has 3 fully saturated rings. The number of rotatable bonds is 4. The number of halogens is 1. The Morgan fingerprint density at radius 3 is 2.43 bits per heavy atom. The molecule has 3 unspecified atom stereocenters. The molecule has 1 heterocycles. The molecule has 3 atom stereocenters. The number of fused-ring (bicyclic) bond motifs is 2. The second-order valence-corrected chi connectivity index (χ2v) is 8.49. The maximum Gasteiger partial charge on any atom is 0.226 e. The number of nitrogens with two attached hydrogens (primary N) is 1. The van der Waals surface area contributed by atoms with E-state index in [1.54, 1.807) is 14.2 Å². The van der Waals surface area contributed by atoms with E-state index in [9.17, 15) is 4.79 Å². The van der Waals surface area contributed by atoms with Gasteiger partial charge in [0.1, 0.15) is 11.5 Å². The molecule has 1 aromatic carbocycles. The molecule has 2 saturated carbocycles. The molecule has 2 N–H and O–H groups in total. The summed E-state index contributed by atoms with van der Waals surface area (Å²) in [6.45, 7) is 0.835. The van der Waals surface area contributed by atoms with Gasteiger partial charge in [0, 0.05) is 24.1 Å². The first kappa shape index (κ1) is 21.3. The summed E-state index contributed by atoms with van der Waals surface area (Å²) in [4.78, 5) is 15.6. The van der Waals surface area contributed by atoms with Crippen LogP contribution in [0.15, 0.2) is 18.2 Å². The van der Waals surface area contributed by atoms with Gasteiger partial charge in [0.2, 0.25) is 5.91 Å². The van der Waals surface area contributed by atoms with E-state index in [0.717, 1.165) is 49.3 Å². The molecule has 0 spiro atoms. The first-order valence-electron chi connectivity index (χ1n) is 10.4. The topological polar surface area (TPSA) is 64.8 Å². The minimum absolute atomic E-state index is 0. The largest absolute Gasteiger partial charge is 0.497 e. The molecule has 2 aliphatic carbocycles. The zero-order chi connectivity index (χ0) is 19.0. The highest BCUT2D eigenvalue weighted by atomic mass is 35.5. The number of carbonyl (C=O) groups excluding carboxylic acids is 1. The first-order valence-corrected chi connectivity index (χ1v) is 10.4. The van der Waals surface area contributed by atoms with Gasteiger partial charge >= 0.3 is 0 Å². The van der Waals surface area contributed by atoms with Gasteiger partial charge in [0.15, 0.2) is 0 Å². The number of methoxy groups -OCH3 is 2. The average Bonchev–Trinajstić information content (AvgIpc) is 3.16. The molecule has 5 nitrogen and oxygen atoms in total. The van der Waals surface area contributed by atoms with Crippen LogP contribution in [0.2, 0.25) is 0 Å². The Hall–Kier alpha value is -1.46. The second kappa shape index (κ2) is 8.91. The van der Waals surface area contributed by atoms with E-state index in [1.807, 2.05) is 18.2 Å². The van der Waals surface area contributed by atoms with Crippen LogP contribution >= 0.6 is 12.4 Å². The first-order chi connectivity index (χ1) is 13.1. The number of nitrogens with zero attached hydrogens (tertiary/aromatic N) is 1. The molecule has 1 amide bonds. The lowest BCUT2D eigenvalue weighted by atomic mass is 9.65. The number of ether oxygens (including phenoxy) is 2. The predicted octanol–water partition coefficient (Wildman–Crippen LogP) is 3.94. The van der Waals surface area contributed by atoms with Crippen LogP contribution in [0.3, 0.4) is 0 Å². The standard InChI is InChI=1S/C22H32N2O3.ClH/c1-26-17-8-9-20(27-2)18(13-17)19-7-4-10-24(19)22(25)16-11-14-5-3-6-15(12-16)21(14)23;/h8-9,13-16,19,21H,3-7,10-12,23H2,1-2H3;1H. The molecule has 2 bridgehead atoms. The molecule has 4 rings (SSSR count). The summed E-state index contributed by atoms with van der Waals surface area (Å²) in [6, 6.07) is 6.26. The van der Waals surface area contributed by atoms with Crippen LogP contribution in [0.1, 0.15) is 56.6 Å². The molecule has 3 aliphatic rings. The van der Waals surface area contributed by atoms with Gasteiger partial charge in [-0.1, -0.05) is 6.42 Å². The Bertz CT molecular complexity index is 684. The summed E-state index contributed by atoms with van der Waals surface area (Å²) in [5.41, 5.74) is 7.50. The van der Waals surface area contributed by atoms with Crippen molar-refractivity contribution in [2.75, 3.05) is 20.8 Å². The molecular formula is C22H33ClN2O3. The summed E-state index contributed by atoms with van der Waals surface area (Å²) in [7, 11) is 3.36. The molecule has 28 heavy (non-hydrogen) atoms. The van der Waals surface area contributed by atoms with Crippen molar-refractivity contribution in [2.45, 2.75) is 57.0 Å². The van der Waals surface area contributed by atoms with Crippen molar-refractivity contribution in [2.24, 2.45) is 23.5 Å². The summed E-state index contributed by atoms with van der Waals surface area (Å²) >= 11 is 0. The monoisotopic (exact) mass is 408 g/mol. The zero-order valence-corrected chi connectivity index (χ0v) is 17.7. The van der Waals surface area contributed by atoms with Crippen molar-refractivity contribution in [3.05, 3.63) is 23.8 Å². The minimum atomic E-state index is 0. The van der Waals surface area contributed by atoms with Crippen LogP contribution in [0, 0.1) is 17.8 Å². The summed E-state index contributed by atoms with van der Waals surface area (Å²) in [6.07, 6.45) is 7.61. The van der Waals surface area contributed by atoms with Crippen LogP contribution in [-0.4, -0.2) is 37.6 Å². The third kappa shape index (κ3) is 3.84. The van der Waals surface area contributed by atoms with E-state index in [-0.39, 0.29) is 24.4 Å². The van der Waals surface area contributed by atoms with E-state index in [1.165, 1.54) is 19.3 Å². The maximum absolute atomic E-state index is 13.5. The van der Waals surface area contributed by atoms with E-state index < -0.39 is 0 Å². The highest BCUT2D eigenvalue weighted by molar-refractivity contribution is 5.85. The molecule has 1 aromatic rings. The van der Waals surface area contributed by atoms with E-state index in [0.29, 0.717) is 23.8 Å². The van der Waals surface area contributed by atoms with Gasteiger partial charge < -0.3 is 20.1 Å². The van der Waals surface area contributed by atoms with Crippen LogP contribution < -0.4 is 15.2 Å². The molecule has 0 aromatic heterocycles. The van der Waals surface area contributed by atoms with Gasteiger partial charge in [-0.2, -0.15) is 0 Å². The number of amides is 1. The smallest absolute Gasteiger partial charge is 0.226 e. The number of hydrogen-bond donors (Lipinski definition) is 1. The molecule has 6 heteroatoms. The van der Waals surface area contributed by atoms with Gasteiger partial charge in [-0.25, -0.2) is 0 Å². The Morgan fingerprint density at radius 2 is 1.79 bits per heavy atom. The van der Waals surface area contributed by atoms with Crippen molar-refractivity contribution < 1.29 is 14.3 Å². The number of hydrogen-bond acceptors (Lipinski definition) is 4. The maximum atomic E-state index is 13.5. The predicted molar refractivity (Wildman–Crippen MR) is 112 cm³/mol. The fourth-order valence-corrected chi connectivity index (χ4v) is 5.68. The Balaban J connectivity index is 0.00000225. The summed E-state index contributed by atoms with van der Waals surface area (Å²) in [5, 5.41) is 0. The third-order valence-electron chi connectivity index (χ3n) is 7.09. The number of carbonyl (C=O) groups is 1. The van der Waals surface area contributed by atoms with Gasteiger partial charge in [0.25, 0.3) is 0 Å². The average molecular weight is 409 g/mol. The van der Waals surface area contributed by atoms with E-state index in [2.05, 4.69) is 4.90 Å². The lowest BCUT2D eigenvalue weighted by Crippen LogP contribution is -2.49. The molecule has 1 saturated heterocycles. The summed E-state index contributed by atoms with van der Waals surface area (Å²) < 4.78 is 11.0. The van der Waals surface area contributed by atoms with Crippen molar-refractivity contribution in [3.8, 4) is 11.5 Å². The van der Waals surface area contributed by atoms with Crippen molar-refractivity contribution in [3.63, 3.8) is 0 Å². The fourth-order valence-electron chi connectivity index (χ4n) is 5.68. The molecule has 0 radical (unpaired) electrons. The number of benzene rings is 1. The van der Waals surface area contributed by atoms with E-state index >= 15 is 0 Å². The Labute approximate surface area is 174 Å². The van der Waals surface area contributed by atoms with Crippen LogP contribution in [0.25, 0.3) is 0 Å². The highest BCUT2D eigenvalue weighted by Gasteiger charge is 2.43. The third-order valence-corrected chi connectivity index (χ3v) is 7.09. The molecule has 1 aliphatic heterocycles. The number of likely N-dealkylation sites (tertiary alicyclic amines) is 1. The van der Waals surface area contributed by atoms with E-state index in [4.69, 9.17) is 15.2 Å². The lowest BCUT2D eigenvalue weighted by molar-refractivity contribution is -0.139. The van der Waals surface area contributed by atoms with Crippen LogP contribution in [-0.2, 0) is 4.79 Å². The van der Waals surface area contributed by atoms with Gasteiger partial charge in [0.05, 0.1) is 20.3 Å². The van der Waals surface area contributed by atoms with Crippen molar-refractivity contribution in [1.29, 1.82) is 0 Å². The van der Waals surface area contributed by atoms with Gasteiger partial charge in [-0.05, 0) is 68.6 Å². The van der Waals surface area contributed by atoms with Crippen molar-refractivity contribution >= 4 is 18.3 Å². The zero-order valence-electron chi connectivity index (χ0n) is 16.9. The molecular weight excluding hydrogens is 376 g/mol. The quantitative estimate of drug-likeness (QED) is 0.819. The van der Waals surface area contributed by atoms with Gasteiger partial charge in [-0.3, -0.25) is 4.79 Å². The molecule has 156 valence electrons. The minimum Gasteiger partial charge on any atom is -0.497 e. The Kier molecular flexibility index (Phi) is 6.77. The van der Waals surface area contributed by atoms with Crippen molar-refractivity contribution in [1.82, 2.24) is 4.90 Å². The fraction of sp³-hybridized carbons (Fsp3) is 0.682.